The van der Waals surface area contributed by atoms with Crippen LogP contribution < -0.4 is 11.3 Å². The zero-order chi connectivity index (χ0) is 14.4. The van der Waals surface area contributed by atoms with Gasteiger partial charge in [-0.3, -0.25) is 14.3 Å². The van der Waals surface area contributed by atoms with Crippen molar-refractivity contribution in [3.63, 3.8) is 0 Å². The highest BCUT2D eigenvalue weighted by Crippen LogP contribution is 2.32. The maximum atomic E-state index is 14.0. The second-order valence-corrected chi connectivity index (χ2v) is 4.46. The smallest absolute Gasteiger partial charge is 0.280 e. The Labute approximate surface area is 110 Å². The lowest BCUT2D eigenvalue weighted by Gasteiger charge is -2.14. The molecule has 3 heterocycles. The second-order valence-electron chi connectivity index (χ2n) is 4.46. The number of aromatic nitrogens is 4. The third-order valence-corrected chi connectivity index (χ3v) is 3.20. The summed E-state index contributed by atoms with van der Waals surface area (Å²) < 4.78 is 20.4. The van der Waals surface area contributed by atoms with Crippen LogP contribution in [0.2, 0.25) is 0 Å². The molecule has 10 heteroatoms. The normalized spacial score (nSPS) is 30.1. The maximum Gasteiger partial charge on any atom is 0.280 e. The molecule has 0 radical (unpaired) electrons. The molecule has 20 heavy (non-hydrogen) atoms. The van der Waals surface area contributed by atoms with E-state index in [1.165, 1.54) is 10.9 Å². The number of hydrogen-bond acceptors (Lipinski definition) is 7. The highest BCUT2D eigenvalue weighted by atomic mass is 19.1. The Balaban J connectivity index is 2.09. The van der Waals surface area contributed by atoms with E-state index >= 15 is 0 Å². The van der Waals surface area contributed by atoms with Crippen LogP contribution in [0.25, 0.3) is 11.2 Å². The summed E-state index contributed by atoms with van der Waals surface area (Å²) in [6.45, 7) is -0.527. The lowest BCUT2D eigenvalue weighted by Crippen LogP contribution is -2.30. The van der Waals surface area contributed by atoms with E-state index in [0.717, 1.165) is 0 Å². The summed E-state index contributed by atoms with van der Waals surface area (Å²) in [6.07, 6.45) is -4.36. The number of nitrogen functional groups attached to an aromatic ring is 1. The van der Waals surface area contributed by atoms with Crippen molar-refractivity contribution < 1.29 is 19.3 Å². The van der Waals surface area contributed by atoms with Gasteiger partial charge in [0.1, 0.15) is 12.2 Å². The minimum Gasteiger partial charge on any atom is -0.394 e. The number of alkyl halides is 1. The number of fused-ring (bicyclic) bond motifs is 1. The van der Waals surface area contributed by atoms with E-state index in [-0.39, 0.29) is 17.1 Å². The number of nitrogens with two attached hydrogens (primary N) is 1. The molecule has 4 atom stereocenters. The van der Waals surface area contributed by atoms with E-state index in [9.17, 15) is 14.3 Å². The molecule has 0 amide bonds. The van der Waals surface area contributed by atoms with E-state index < -0.39 is 36.8 Å². The van der Waals surface area contributed by atoms with Crippen LogP contribution in [0.4, 0.5) is 10.3 Å². The number of anilines is 1. The number of halogens is 1. The number of ether oxygens (including phenoxy) is 1. The summed E-state index contributed by atoms with van der Waals surface area (Å²) in [4.78, 5) is 21.6. The van der Waals surface area contributed by atoms with Crippen LogP contribution in [-0.2, 0) is 4.74 Å². The van der Waals surface area contributed by atoms with Crippen molar-refractivity contribution in [3.05, 3.63) is 16.7 Å². The lowest BCUT2D eigenvalue weighted by molar-refractivity contribution is -0.0459. The van der Waals surface area contributed by atoms with E-state index in [1.807, 2.05) is 0 Å². The van der Waals surface area contributed by atoms with Crippen molar-refractivity contribution in [1.82, 2.24) is 19.5 Å². The molecule has 1 fully saturated rings. The van der Waals surface area contributed by atoms with Gasteiger partial charge in [-0.25, -0.2) is 9.37 Å². The molecule has 3 rings (SSSR count). The van der Waals surface area contributed by atoms with E-state index in [0.29, 0.717) is 0 Å². The van der Waals surface area contributed by atoms with Crippen LogP contribution in [0.1, 0.15) is 6.23 Å². The Hall–Kier alpha value is -2.04. The standard InChI is InChI=1S/C10H12FN5O4/c11-4-6(18)3(1-17)20-9(4)16-2-13-5-7(16)14-10(12)15-8(5)19/h2-4,6,9,17-18H,1H2,(H3,12,14,15,19)/t3-,4?,6-,9-/m1/s1. The van der Waals surface area contributed by atoms with Crippen molar-refractivity contribution in [1.29, 1.82) is 0 Å². The molecule has 0 aliphatic carbocycles. The predicted molar refractivity (Wildman–Crippen MR) is 64.5 cm³/mol. The second kappa shape index (κ2) is 4.51. The predicted octanol–water partition coefficient (Wildman–Crippen LogP) is -1.71. The van der Waals surface area contributed by atoms with Crippen molar-refractivity contribution in [2.75, 3.05) is 12.3 Å². The van der Waals surface area contributed by atoms with Gasteiger partial charge >= 0.3 is 0 Å². The minimum absolute atomic E-state index is 0.0167. The molecule has 1 aliphatic rings. The van der Waals surface area contributed by atoms with Crippen LogP contribution in [0.15, 0.2) is 11.1 Å². The first-order valence-electron chi connectivity index (χ1n) is 5.83. The molecule has 0 aromatic carbocycles. The Morgan fingerprint density at radius 3 is 3.00 bits per heavy atom. The topological polar surface area (TPSA) is 139 Å². The van der Waals surface area contributed by atoms with E-state index in [2.05, 4.69) is 15.0 Å². The minimum atomic E-state index is -1.79. The number of H-pyrrole nitrogens is 1. The van der Waals surface area contributed by atoms with Crippen molar-refractivity contribution in [2.45, 2.75) is 24.6 Å². The van der Waals surface area contributed by atoms with Crippen molar-refractivity contribution >= 4 is 17.1 Å². The number of imidazole rings is 1. The van der Waals surface area contributed by atoms with Gasteiger partial charge in [0.15, 0.2) is 23.6 Å². The third-order valence-electron chi connectivity index (χ3n) is 3.20. The fourth-order valence-electron chi connectivity index (χ4n) is 2.21. The van der Waals surface area contributed by atoms with Gasteiger partial charge in [-0.15, -0.1) is 0 Å². The van der Waals surface area contributed by atoms with Gasteiger partial charge in [0.25, 0.3) is 5.56 Å². The van der Waals surface area contributed by atoms with Crippen molar-refractivity contribution in [2.24, 2.45) is 0 Å². The number of aliphatic hydroxyl groups excluding tert-OH is 2. The summed E-state index contributed by atoms with van der Waals surface area (Å²) >= 11 is 0. The molecule has 5 N–H and O–H groups in total. The SMILES string of the molecule is Nc1nc2c(ncn2[C@@H]2O[C@H](CO)[C@@H](O)C2F)c(=O)[nH]1. The molecule has 0 spiro atoms. The highest BCUT2D eigenvalue weighted by Gasteiger charge is 2.45. The lowest BCUT2D eigenvalue weighted by atomic mass is 10.1. The Bertz CT molecular complexity index is 701. The van der Waals surface area contributed by atoms with Crippen molar-refractivity contribution in [3.8, 4) is 0 Å². The highest BCUT2D eigenvalue weighted by molar-refractivity contribution is 5.70. The summed E-state index contributed by atoms with van der Waals surface area (Å²) in [5, 5.41) is 18.6. The quantitative estimate of drug-likeness (QED) is 0.515. The zero-order valence-corrected chi connectivity index (χ0v) is 10.1. The van der Waals surface area contributed by atoms with Crippen LogP contribution in [0, 0.1) is 0 Å². The molecule has 108 valence electrons. The molecule has 1 unspecified atom stereocenters. The van der Waals surface area contributed by atoms with Gasteiger partial charge in [-0.05, 0) is 0 Å². The first kappa shape index (κ1) is 13.0. The van der Waals surface area contributed by atoms with E-state index in [1.54, 1.807) is 0 Å². The van der Waals surface area contributed by atoms with Gasteiger partial charge in [-0.2, -0.15) is 4.98 Å². The third kappa shape index (κ3) is 1.77. The van der Waals surface area contributed by atoms with Crippen LogP contribution >= 0.6 is 0 Å². The number of rotatable bonds is 2. The number of aliphatic hydroxyl groups is 2. The summed E-state index contributed by atoms with van der Waals surface area (Å²) in [5.74, 6) is -0.142. The number of nitrogens with one attached hydrogen (secondary N) is 1. The average Bonchev–Trinajstić information content (AvgIpc) is 2.93. The molecular weight excluding hydrogens is 273 g/mol. The molecule has 2 aromatic rings. The van der Waals surface area contributed by atoms with Crippen LogP contribution in [0.3, 0.4) is 0 Å². The summed E-state index contributed by atoms with van der Waals surface area (Å²) in [7, 11) is 0. The molecule has 9 nitrogen and oxygen atoms in total. The number of nitrogens with zero attached hydrogens (tertiary/aromatic N) is 3. The summed E-state index contributed by atoms with van der Waals surface area (Å²) in [5.41, 5.74) is 4.91. The fourth-order valence-corrected chi connectivity index (χ4v) is 2.21. The Morgan fingerprint density at radius 2 is 2.35 bits per heavy atom. The molecule has 0 saturated carbocycles. The van der Waals surface area contributed by atoms with E-state index in [4.69, 9.17) is 15.6 Å². The van der Waals surface area contributed by atoms with Gasteiger partial charge in [0.05, 0.1) is 12.9 Å². The number of aromatic amines is 1. The molecule has 1 aliphatic heterocycles. The largest absolute Gasteiger partial charge is 0.394 e. The molecule has 2 aromatic heterocycles. The zero-order valence-electron chi connectivity index (χ0n) is 10.1. The monoisotopic (exact) mass is 285 g/mol. The number of hydrogen-bond donors (Lipinski definition) is 4. The van der Waals surface area contributed by atoms with Gasteiger partial charge in [0.2, 0.25) is 5.95 Å². The van der Waals surface area contributed by atoms with Gasteiger partial charge in [0, 0.05) is 0 Å². The average molecular weight is 285 g/mol. The van der Waals surface area contributed by atoms with Crippen LogP contribution in [0.5, 0.6) is 0 Å². The first-order valence-corrected chi connectivity index (χ1v) is 5.83. The molecule has 1 saturated heterocycles. The van der Waals surface area contributed by atoms with Gasteiger partial charge < -0.3 is 20.7 Å². The Kier molecular flexibility index (Phi) is 2.92. The van der Waals surface area contributed by atoms with Crippen LogP contribution in [-0.4, -0.2) is 54.7 Å². The first-order chi connectivity index (χ1) is 9.52. The Morgan fingerprint density at radius 1 is 1.60 bits per heavy atom. The summed E-state index contributed by atoms with van der Waals surface area (Å²) in [6, 6.07) is 0. The van der Waals surface area contributed by atoms with Gasteiger partial charge in [-0.1, -0.05) is 0 Å². The fraction of sp³-hybridized carbons (Fsp3) is 0.500. The molecule has 0 bridgehead atoms. The molecular formula is C10H12FN5O4. The maximum absolute atomic E-state index is 14.0.